The molecule has 3 rings (SSSR count). The summed E-state index contributed by atoms with van der Waals surface area (Å²) in [6, 6.07) is 9.69. The van der Waals surface area contributed by atoms with Gasteiger partial charge in [-0.25, -0.2) is 0 Å². The van der Waals surface area contributed by atoms with E-state index in [0.717, 1.165) is 10.9 Å². The third-order valence-corrected chi connectivity index (χ3v) is 3.73. The maximum Gasteiger partial charge on any atom is 0.256 e. The number of carbonyl (C=O) groups is 1. The lowest BCUT2D eigenvalue weighted by molar-refractivity contribution is -0.0386. The van der Waals surface area contributed by atoms with Crippen LogP contribution in [0.25, 0.3) is 10.9 Å². The molecule has 4 nitrogen and oxygen atoms in total. The summed E-state index contributed by atoms with van der Waals surface area (Å²) >= 11 is 0. The minimum Gasteiger partial charge on any atom is -0.375 e. The van der Waals surface area contributed by atoms with Crippen LogP contribution in [0, 0.1) is 0 Å². The van der Waals surface area contributed by atoms with Crippen molar-refractivity contribution in [2.24, 2.45) is 0 Å². The van der Waals surface area contributed by atoms with Crippen LogP contribution in [-0.2, 0) is 4.74 Å². The maximum absolute atomic E-state index is 12.8. The Hall–Kier alpha value is -1.94. The van der Waals surface area contributed by atoms with E-state index in [-0.39, 0.29) is 18.1 Å². The van der Waals surface area contributed by atoms with Crippen LogP contribution in [0.1, 0.15) is 24.2 Å². The van der Waals surface area contributed by atoms with Crippen molar-refractivity contribution in [2.75, 3.05) is 13.2 Å². The Morgan fingerprint density at radius 1 is 1.30 bits per heavy atom. The van der Waals surface area contributed by atoms with Gasteiger partial charge < -0.3 is 9.64 Å². The number of amides is 1. The van der Waals surface area contributed by atoms with Gasteiger partial charge >= 0.3 is 0 Å². The number of hydrogen-bond donors (Lipinski definition) is 0. The van der Waals surface area contributed by atoms with E-state index in [9.17, 15) is 4.79 Å². The fourth-order valence-corrected chi connectivity index (χ4v) is 2.62. The number of benzene rings is 1. The number of carbonyl (C=O) groups excluding carboxylic acids is 1. The van der Waals surface area contributed by atoms with Gasteiger partial charge in [0.15, 0.2) is 0 Å². The fourth-order valence-electron chi connectivity index (χ4n) is 2.62. The number of nitrogens with zero attached hydrogens (tertiary/aromatic N) is 2. The smallest absolute Gasteiger partial charge is 0.256 e. The van der Waals surface area contributed by atoms with Gasteiger partial charge in [-0.1, -0.05) is 18.2 Å². The van der Waals surface area contributed by atoms with Crippen LogP contribution in [-0.4, -0.2) is 41.1 Å². The molecule has 0 spiro atoms. The van der Waals surface area contributed by atoms with Crippen molar-refractivity contribution in [1.82, 2.24) is 9.88 Å². The molecule has 0 bridgehead atoms. The zero-order valence-corrected chi connectivity index (χ0v) is 11.7. The highest BCUT2D eigenvalue weighted by Gasteiger charge is 2.29. The van der Waals surface area contributed by atoms with Gasteiger partial charge in [-0.05, 0) is 26.0 Å². The minimum absolute atomic E-state index is 0.0388. The molecule has 104 valence electrons. The first-order valence-corrected chi connectivity index (χ1v) is 6.93. The Morgan fingerprint density at radius 2 is 2.10 bits per heavy atom. The summed E-state index contributed by atoms with van der Waals surface area (Å²) in [5, 5.41) is 0.993. The zero-order chi connectivity index (χ0) is 14.1. The monoisotopic (exact) mass is 270 g/mol. The van der Waals surface area contributed by atoms with Gasteiger partial charge in [0.1, 0.15) is 0 Å². The molecular formula is C16H18N2O2. The predicted octanol–water partition coefficient (Wildman–Crippen LogP) is 2.48. The summed E-state index contributed by atoms with van der Waals surface area (Å²) in [5.41, 5.74) is 1.44. The molecule has 1 amide bonds. The number of fused-ring (bicyclic) bond motifs is 1. The van der Waals surface area contributed by atoms with Crippen LogP contribution in [0.15, 0.2) is 36.5 Å². The largest absolute Gasteiger partial charge is 0.375 e. The predicted molar refractivity (Wildman–Crippen MR) is 77.7 cm³/mol. The summed E-state index contributed by atoms with van der Waals surface area (Å²) in [5.74, 6) is 0.0388. The average molecular weight is 270 g/mol. The zero-order valence-electron chi connectivity index (χ0n) is 11.7. The third kappa shape index (κ3) is 2.27. The first-order valence-electron chi connectivity index (χ1n) is 6.93. The second kappa shape index (κ2) is 5.21. The van der Waals surface area contributed by atoms with Crippen LogP contribution in [0.2, 0.25) is 0 Å². The first kappa shape index (κ1) is 13.1. The molecule has 1 aromatic heterocycles. The molecule has 0 aliphatic carbocycles. The molecular weight excluding hydrogens is 252 g/mol. The molecule has 1 aliphatic heterocycles. The van der Waals surface area contributed by atoms with E-state index in [0.29, 0.717) is 18.7 Å². The van der Waals surface area contributed by atoms with Gasteiger partial charge in [0.05, 0.1) is 29.8 Å². The van der Waals surface area contributed by atoms with E-state index in [1.165, 1.54) is 0 Å². The quantitative estimate of drug-likeness (QED) is 0.799. The Bertz CT molecular complexity index is 636. The standard InChI is InChI=1S/C16H18N2O2/c1-11-10-20-12(2)9-18(11)16(19)14-7-3-5-13-6-4-8-17-15(13)14/h3-8,11-12H,9-10H2,1-2H3. The third-order valence-electron chi connectivity index (χ3n) is 3.73. The molecule has 20 heavy (non-hydrogen) atoms. The van der Waals surface area contributed by atoms with Crippen LogP contribution in [0.5, 0.6) is 0 Å². The van der Waals surface area contributed by atoms with Gasteiger partial charge in [-0.3, -0.25) is 9.78 Å². The van der Waals surface area contributed by atoms with Crippen molar-refractivity contribution in [3.05, 3.63) is 42.1 Å². The molecule has 2 aromatic rings. The van der Waals surface area contributed by atoms with E-state index in [4.69, 9.17) is 4.74 Å². The average Bonchev–Trinajstić information content (AvgIpc) is 2.48. The number of ether oxygens (including phenoxy) is 1. The van der Waals surface area contributed by atoms with Gasteiger partial charge in [0.25, 0.3) is 5.91 Å². The van der Waals surface area contributed by atoms with Crippen LogP contribution in [0.3, 0.4) is 0 Å². The molecule has 2 unspecified atom stereocenters. The number of morpholine rings is 1. The van der Waals surface area contributed by atoms with Gasteiger partial charge in [0.2, 0.25) is 0 Å². The van der Waals surface area contributed by atoms with E-state index in [1.807, 2.05) is 49.1 Å². The van der Waals surface area contributed by atoms with E-state index < -0.39 is 0 Å². The van der Waals surface area contributed by atoms with E-state index >= 15 is 0 Å². The molecule has 1 fully saturated rings. The normalized spacial score (nSPS) is 23.0. The summed E-state index contributed by atoms with van der Waals surface area (Å²) < 4.78 is 5.58. The topological polar surface area (TPSA) is 42.4 Å². The SMILES string of the molecule is CC1CN(C(=O)c2cccc3cccnc23)C(C)CO1. The van der Waals surface area contributed by atoms with Crippen molar-refractivity contribution in [1.29, 1.82) is 0 Å². The van der Waals surface area contributed by atoms with Gasteiger partial charge in [-0.15, -0.1) is 0 Å². The number of aromatic nitrogens is 1. The molecule has 0 saturated carbocycles. The van der Waals surface area contributed by atoms with Crippen molar-refractivity contribution in [3.63, 3.8) is 0 Å². The molecule has 2 atom stereocenters. The van der Waals surface area contributed by atoms with Crippen molar-refractivity contribution >= 4 is 16.8 Å². The molecule has 1 saturated heterocycles. The van der Waals surface area contributed by atoms with Crippen molar-refractivity contribution in [2.45, 2.75) is 26.0 Å². The van der Waals surface area contributed by atoms with E-state index in [2.05, 4.69) is 4.98 Å². The lowest BCUT2D eigenvalue weighted by Gasteiger charge is -2.36. The fraction of sp³-hybridized carbons (Fsp3) is 0.375. The van der Waals surface area contributed by atoms with Crippen molar-refractivity contribution < 1.29 is 9.53 Å². The molecule has 1 aromatic carbocycles. The van der Waals surface area contributed by atoms with Crippen LogP contribution < -0.4 is 0 Å². The lowest BCUT2D eigenvalue weighted by atomic mass is 10.1. The number of para-hydroxylation sites is 1. The molecule has 1 aliphatic rings. The highest BCUT2D eigenvalue weighted by molar-refractivity contribution is 6.05. The van der Waals surface area contributed by atoms with Gasteiger partial charge in [0, 0.05) is 18.1 Å². The number of hydrogen-bond acceptors (Lipinski definition) is 3. The molecule has 0 radical (unpaired) electrons. The second-order valence-corrected chi connectivity index (χ2v) is 5.33. The summed E-state index contributed by atoms with van der Waals surface area (Å²) in [6.07, 6.45) is 1.81. The Balaban J connectivity index is 2.00. The van der Waals surface area contributed by atoms with Crippen molar-refractivity contribution in [3.8, 4) is 0 Å². The Kier molecular flexibility index (Phi) is 3.40. The number of rotatable bonds is 1. The number of pyridine rings is 1. The van der Waals surface area contributed by atoms with E-state index in [1.54, 1.807) is 6.20 Å². The highest BCUT2D eigenvalue weighted by atomic mass is 16.5. The van der Waals surface area contributed by atoms with Crippen LogP contribution >= 0.6 is 0 Å². The Morgan fingerprint density at radius 3 is 2.95 bits per heavy atom. The first-order chi connectivity index (χ1) is 9.66. The molecule has 2 heterocycles. The highest BCUT2D eigenvalue weighted by Crippen LogP contribution is 2.21. The Labute approximate surface area is 118 Å². The maximum atomic E-state index is 12.8. The molecule has 4 heteroatoms. The summed E-state index contributed by atoms with van der Waals surface area (Å²) in [6.45, 7) is 5.23. The summed E-state index contributed by atoms with van der Waals surface area (Å²) in [4.78, 5) is 19.0. The second-order valence-electron chi connectivity index (χ2n) is 5.33. The molecule has 0 N–H and O–H groups in total. The summed E-state index contributed by atoms with van der Waals surface area (Å²) in [7, 11) is 0. The lowest BCUT2D eigenvalue weighted by Crippen LogP contribution is -2.50. The minimum atomic E-state index is 0.0388. The van der Waals surface area contributed by atoms with Crippen LogP contribution in [0.4, 0.5) is 0 Å². The van der Waals surface area contributed by atoms with Gasteiger partial charge in [-0.2, -0.15) is 0 Å².